The summed E-state index contributed by atoms with van der Waals surface area (Å²) in [6.45, 7) is 7.84. The van der Waals surface area contributed by atoms with E-state index in [0.29, 0.717) is 19.5 Å². The average molecular weight is 271 g/mol. The molecule has 19 heavy (non-hydrogen) atoms. The SMILES string of the molecule is CC1CN(C(=O)OC(C)(C)C)CCC1C(=O)C(=O)O. The van der Waals surface area contributed by atoms with Gasteiger partial charge in [-0.3, -0.25) is 4.79 Å². The molecule has 6 heteroatoms. The number of carbonyl (C=O) groups excluding carboxylic acids is 2. The topological polar surface area (TPSA) is 83.9 Å². The fraction of sp³-hybridized carbons (Fsp3) is 0.769. The Hall–Kier alpha value is -1.59. The number of carbonyl (C=O) groups is 3. The van der Waals surface area contributed by atoms with Crippen LogP contribution in [-0.4, -0.2) is 46.5 Å². The number of carboxylic acids is 1. The summed E-state index contributed by atoms with van der Waals surface area (Å²) >= 11 is 0. The van der Waals surface area contributed by atoms with Gasteiger partial charge < -0.3 is 14.7 Å². The minimum atomic E-state index is -1.40. The highest BCUT2D eigenvalue weighted by Gasteiger charge is 2.37. The summed E-state index contributed by atoms with van der Waals surface area (Å²) in [5, 5.41) is 8.73. The third-order valence-corrected chi connectivity index (χ3v) is 3.10. The molecule has 2 atom stereocenters. The van der Waals surface area contributed by atoms with E-state index < -0.39 is 29.4 Å². The van der Waals surface area contributed by atoms with Crippen LogP contribution in [0.2, 0.25) is 0 Å². The first-order chi connectivity index (χ1) is 8.61. The van der Waals surface area contributed by atoms with E-state index >= 15 is 0 Å². The maximum atomic E-state index is 11.9. The number of amides is 1. The number of likely N-dealkylation sites (tertiary alicyclic amines) is 1. The number of piperidine rings is 1. The number of ketones is 1. The summed E-state index contributed by atoms with van der Waals surface area (Å²) < 4.78 is 5.25. The molecule has 1 rings (SSSR count). The van der Waals surface area contributed by atoms with Crippen molar-refractivity contribution in [3.8, 4) is 0 Å². The highest BCUT2D eigenvalue weighted by Crippen LogP contribution is 2.25. The molecular weight excluding hydrogens is 250 g/mol. The molecule has 0 aromatic heterocycles. The Balaban J connectivity index is 2.61. The van der Waals surface area contributed by atoms with Gasteiger partial charge in [-0.05, 0) is 33.1 Å². The zero-order chi connectivity index (χ0) is 14.8. The predicted molar refractivity (Wildman–Crippen MR) is 67.7 cm³/mol. The van der Waals surface area contributed by atoms with Crippen molar-refractivity contribution in [2.24, 2.45) is 11.8 Å². The van der Waals surface area contributed by atoms with Crippen LogP contribution in [0.1, 0.15) is 34.1 Å². The number of Topliss-reactive ketones (excluding diaryl/α,β-unsaturated/α-hetero) is 1. The number of hydrogen-bond acceptors (Lipinski definition) is 4. The van der Waals surface area contributed by atoms with E-state index in [-0.39, 0.29) is 5.92 Å². The Morgan fingerprint density at radius 3 is 2.26 bits per heavy atom. The summed E-state index contributed by atoms with van der Waals surface area (Å²) in [5.41, 5.74) is -0.561. The second-order valence-electron chi connectivity index (χ2n) is 5.97. The van der Waals surface area contributed by atoms with Gasteiger partial charge in [0.2, 0.25) is 5.78 Å². The molecule has 1 aliphatic rings. The molecule has 0 saturated carbocycles. The Morgan fingerprint density at radius 2 is 1.84 bits per heavy atom. The van der Waals surface area contributed by atoms with Crippen LogP contribution in [0.25, 0.3) is 0 Å². The number of aliphatic carboxylic acids is 1. The van der Waals surface area contributed by atoms with Gasteiger partial charge in [-0.25, -0.2) is 9.59 Å². The molecule has 6 nitrogen and oxygen atoms in total. The van der Waals surface area contributed by atoms with Gasteiger partial charge in [0.15, 0.2) is 0 Å². The normalized spacial score (nSPS) is 23.9. The van der Waals surface area contributed by atoms with Gasteiger partial charge in [-0.1, -0.05) is 6.92 Å². The molecule has 2 unspecified atom stereocenters. The quantitative estimate of drug-likeness (QED) is 0.770. The second kappa shape index (κ2) is 5.59. The molecular formula is C13H21NO5. The molecule has 0 bridgehead atoms. The van der Waals surface area contributed by atoms with Crippen molar-refractivity contribution >= 4 is 17.8 Å². The Labute approximate surface area is 112 Å². The van der Waals surface area contributed by atoms with Crippen molar-refractivity contribution in [1.82, 2.24) is 4.90 Å². The summed E-state index contributed by atoms with van der Waals surface area (Å²) in [5.74, 6) is -2.86. The van der Waals surface area contributed by atoms with Crippen LogP contribution < -0.4 is 0 Å². The van der Waals surface area contributed by atoms with Crippen LogP contribution in [0.15, 0.2) is 0 Å². The molecule has 1 heterocycles. The predicted octanol–water partition coefficient (Wildman–Crippen LogP) is 1.53. The standard InChI is InChI=1S/C13H21NO5/c1-8-7-14(12(18)19-13(2,3)4)6-5-9(8)10(15)11(16)17/h8-9H,5-7H2,1-4H3,(H,16,17). The monoisotopic (exact) mass is 271 g/mol. The van der Waals surface area contributed by atoms with Crippen molar-refractivity contribution in [3.63, 3.8) is 0 Å². The van der Waals surface area contributed by atoms with Gasteiger partial charge in [0.05, 0.1) is 0 Å². The van der Waals surface area contributed by atoms with E-state index in [1.165, 1.54) is 4.90 Å². The van der Waals surface area contributed by atoms with Gasteiger partial charge >= 0.3 is 12.1 Å². The summed E-state index contributed by atoms with van der Waals surface area (Å²) in [6, 6.07) is 0. The van der Waals surface area contributed by atoms with Gasteiger partial charge in [0, 0.05) is 19.0 Å². The second-order valence-corrected chi connectivity index (χ2v) is 5.97. The molecule has 0 aromatic carbocycles. The Bertz CT molecular complexity index is 385. The molecule has 0 aliphatic carbocycles. The molecule has 0 aromatic rings. The third-order valence-electron chi connectivity index (χ3n) is 3.10. The summed E-state index contributed by atoms with van der Waals surface area (Å²) in [6.07, 6.45) is -0.0495. The summed E-state index contributed by atoms with van der Waals surface area (Å²) in [7, 11) is 0. The van der Waals surface area contributed by atoms with Gasteiger partial charge in [0.25, 0.3) is 0 Å². The lowest BCUT2D eigenvalue weighted by Gasteiger charge is -2.36. The Morgan fingerprint density at radius 1 is 1.26 bits per heavy atom. The van der Waals surface area contributed by atoms with E-state index in [4.69, 9.17) is 9.84 Å². The zero-order valence-electron chi connectivity index (χ0n) is 11.8. The minimum Gasteiger partial charge on any atom is -0.475 e. The van der Waals surface area contributed by atoms with Crippen molar-refractivity contribution < 1.29 is 24.2 Å². The summed E-state index contributed by atoms with van der Waals surface area (Å²) in [4.78, 5) is 35.6. The third kappa shape index (κ3) is 4.22. The van der Waals surface area contributed by atoms with E-state index in [1.54, 1.807) is 27.7 Å². The number of nitrogens with zero attached hydrogens (tertiary/aromatic N) is 1. The maximum Gasteiger partial charge on any atom is 0.410 e. The number of rotatable bonds is 2. The minimum absolute atomic E-state index is 0.176. The molecule has 0 radical (unpaired) electrons. The largest absolute Gasteiger partial charge is 0.475 e. The fourth-order valence-electron chi connectivity index (χ4n) is 2.19. The molecule has 0 spiro atoms. The van der Waals surface area contributed by atoms with Crippen molar-refractivity contribution in [1.29, 1.82) is 0 Å². The molecule has 108 valence electrons. The first-order valence-corrected chi connectivity index (χ1v) is 6.37. The van der Waals surface area contributed by atoms with E-state index in [1.807, 2.05) is 0 Å². The van der Waals surface area contributed by atoms with Crippen LogP contribution in [0, 0.1) is 11.8 Å². The van der Waals surface area contributed by atoms with Gasteiger partial charge in [0.1, 0.15) is 5.60 Å². The maximum absolute atomic E-state index is 11.9. The van der Waals surface area contributed by atoms with E-state index in [9.17, 15) is 14.4 Å². The van der Waals surface area contributed by atoms with Crippen molar-refractivity contribution in [3.05, 3.63) is 0 Å². The molecule has 1 aliphatic heterocycles. The lowest BCUT2D eigenvalue weighted by Crippen LogP contribution is -2.47. The van der Waals surface area contributed by atoms with E-state index in [2.05, 4.69) is 0 Å². The lowest BCUT2D eigenvalue weighted by atomic mass is 9.84. The van der Waals surface area contributed by atoms with Crippen LogP contribution in [0.4, 0.5) is 4.79 Å². The lowest BCUT2D eigenvalue weighted by molar-refractivity contribution is -0.152. The van der Waals surface area contributed by atoms with Crippen molar-refractivity contribution in [2.75, 3.05) is 13.1 Å². The first-order valence-electron chi connectivity index (χ1n) is 6.37. The molecule has 1 amide bonds. The molecule has 1 N–H and O–H groups in total. The van der Waals surface area contributed by atoms with Crippen molar-refractivity contribution in [2.45, 2.75) is 39.7 Å². The van der Waals surface area contributed by atoms with Crippen LogP contribution in [-0.2, 0) is 14.3 Å². The molecule has 1 saturated heterocycles. The fourth-order valence-corrected chi connectivity index (χ4v) is 2.19. The van der Waals surface area contributed by atoms with Crippen LogP contribution in [0.5, 0.6) is 0 Å². The van der Waals surface area contributed by atoms with Gasteiger partial charge in [-0.2, -0.15) is 0 Å². The number of ether oxygens (including phenoxy) is 1. The first kappa shape index (κ1) is 15.5. The average Bonchev–Trinajstić information content (AvgIpc) is 2.25. The van der Waals surface area contributed by atoms with Crippen LogP contribution in [0.3, 0.4) is 0 Å². The number of carboxylic acid groups (broad SMARTS) is 1. The highest BCUT2D eigenvalue weighted by atomic mass is 16.6. The molecule has 1 fully saturated rings. The number of hydrogen-bond donors (Lipinski definition) is 1. The zero-order valence-corrected chi connectivity index (χ0v) is 11.8. The van der Waals surface area contributed by atoms with Crippen LogP contribution >= 0.6 is 0 Å². The highest BCUT2D eigenvalue weighted by molar-refractivity contribution is 6.33. The van der Waals surface area contributed by atoms with E-state index in [0.717, 1.165) is 0 Å². The smallest absolute Gasteiger partial charge is 0.410 e. The van der Waals surface area contributed by atoms with Gasteiger partial charge in [-0.15, -0.1) is 0 Å². The Kier molecular flexibility index (Phi) is 4.55.